The Labute approximate surface area is 117 Å². The molecule has 0 saturated carbocycles. The van der Waals surface area contributed by atoms with Gasteiger partial charge in [0.25, 0.3) is 0 Å². The summed E-state index contributed by atoms with van der Waals surface area (Å²) in [5.41, 5.74) is 0.965. The zero-order valence-electron chi connectivity index (χ0n) is 11.3. The Bertz CT molecular complexity index is 230. The van der Waals surface area contributed by atoms with Gasteiger partial charge >= 0.3 is 69.5 Å². The Morgan fingerprint density at radius 1 is 0.941 bits per heavy atom. The molecular weight excluding hydrogens is 315 g/mol. The van der Waals surface area contributed by atoms with Crippen LogP contribution in [0, 0.1) is 0 Å². The van der Waals surface area contributed by atoms with E-state index in [0.29, 0.717) is 0 Å². The average Bonchev–Trinajstić information content (AvgIpc) is 2.40. The van der Waals surface area contributed by atoms with Crippen molar-refractivity contribution in [2.45, 2.75) is 55.0 Å². The van der Waals surface area contributed by atoms with E-state index in [1.54, 1.807) is 8.87 Å². The number of aliphatic hydroxyl groups is 1. The summed E-state index contributed by atoms with van der Waals surface area (Å²) in [4.78, 5) is 0. The maximum atomic E-state index is 8.54. The number of hydrogen-bond acceptors (Lipinski definition) is 1. The van der Waals surface area contributed by atoms with Gasteiger partial charge in [0.15, 0.2) is 0 Å². The van der Waals surface area contributed by atoms with Gasteiger partial charge in [-0.25, -0.2) is 0 Å². The molecular formula is C15H26OSn. The molecule has 0 fully saturated rings. The molecule has 0 heterocycles. The Balaban J connectivity index is 0.000000302. The number of benzene rings is 1. The van der Waals surface area contributed by atoms with E-state index in [4.69, 9.17) is 5.11 Å². The van der Waals surface area contributed by atoms with Crippen molar-refractivity contribution >= 4 is 21.1 Å². The van der Waals surface area contributed by atoms with Crippen molar-refractivity contribution in [2.75, 3.05) is 0 Å². The smallest absolute Gasteiger partial charge is 0.0681 e. The maximum absolute atomic E-state index is 8.54. The van der Waals surface area contributed by atoms with Gasteiger partial charge in [-0.1, -0.05) is 30.3 Å². The van der Waals surface area contributed by atoms with Crippen LogP contribution in [0.1, 0.15) is 45.1 Å². The number of hydrogen-bond donors (Lipinski definition) is 1. The van der Waals surface area contributed by atoms with Crippen molar-refractivity contribution in [1.29, 1.82) is 0 Å². The molecule has 2 heteroatoms. The van der Waals surface area contributed by atoms with Crippen LogP contribution in [0.4, 0.5) is 0 Å². The van der Waals surface area contributed by atoms with Gasteiger partial charge in [-0.3, -0.25) is 0 Å². The van der Waals surface area contributed by atoms with Crippen molar-refractivity contribution in [3.8, 4) is 0 Å². The molecule has 96 valence electrons. The fraction of sp³-hybridized carbons (Fsp3) is 0.600. The molecule has 0 aliphatic rings. The molecule has 1 nitrogen and oxygen atoms in total. The first kappa shape index (κ1) is 17.0. The molecule has 0 spiro atoms. The molecule has 0 bridgehead atoms. The molecule has 1 aromatic rings. The Morgan fingerprint density at radius 2 is 1.47 bits per heavy atom. The summed E-state index contributed by atoms with van der Waals surface area (Å²) in [6.07, 6.45) is 5.84. The molecule has 2 radical (unpaired) electrons. The molecule has 0 saturated heterocycles. The molecule has 1 rings (SSSR count). The Morgan fingerprint density at radius 3 is 1.82 bits per heavy atom. The standard InChI is InChI=1S/C7H8O.2C4H9.Sn/c8-6-7-4-2-1-3-5-7;2*1-3-4-2;/h1-5,8H,6H2;2*1,3-4H2,2H3;. The van der Waals surface area contributed by atoms with Crippen LogP contribution >= 0.6 is 0 Å². The largest absolute Gasteiger partial charge is 0.392 e. The molecule has 0 unspecified atom stereocenters. The number of unbranched alkanes of at least 4 members (excludes halogenated alkanes) is 2. The van der Waals surface area contributed by atoms with Gasteiger partial charge in [0.1, 0.15) is 0 Å². The van der Waals surface area contributed by atoms with Gasteiger partial charge in [-0.2, -0.15) is 0 Å². The van der Waals surface area contributed by atoms with E-state index in [2.05, 4.69) is 13.8 Å². The van der Waals surface area contributed by atoms with E-state index in [0.717, 1.165) is 5.56 Å². The molecule has 0 aliphatic carbocycles. The molecule has 0 aliphatic heterocycles. The van der Waals surface area contributed by atoms with Gasteiger partial charge in [-0.15, -0.1) is 0 Å². The van der Waals surface area contributed by atoms with Gasteiger partial charge < -0.3 is 5.11 Å². The average molecular weight is 341 g/mol. The SMILES string of the molecule is CCC[CH2][Sn][CH2]CCC.OCc1ccccc1. The molecule has 0 amide bonds. The molecule has 1 N–H and O–H groups in total. The third-order valence-electron chi connectivity index (χ3n) is 2.44. The second-order valence-corrected chi connectivity index (χ2v) is 8.38. The summed E-state index contributed by atoms with van der Waals surface area (Å²) >= 11 is 0.149. The third-order valence-corrected chi connectivity index (χ3v) is 6.48. The van der Waals surface area contributed by atoms with Crippen molar-refractivity contribution in [2.24, 2.45) is 0 Å². The van der Waals surface area contributed by atoms with Crippen LogP contribution in [-0.4, -0.2) is 26.2 Å². The van der Waals surface area contributed by atoms with E-state index in [1.165, 1.54) is 25.7 Å². The van der Waals surface area contributed by atoms with Gasteiger partial charge in [-0.05, 0) is 5.56 Å². The molecule has 0 aromatic heterocycles. The predicted molar refractivity (Wildman–Crippen MR) is 77.5 cm³/mol. The second-order valence-electron chi connectivity index (χ2n) is 4.10. The van der Waals surface area contributed by atoms with Crippen molar-refractivity contribution in [3.63, 3.8) is 0 Å². The predicted octanol–water partition coefficient (Wildman–Crippen LogP) is 4.31. The molecule has 17 heavy (non-hydrogen) atoms. The fourth-order valence-corrected chi connectivity index (χ4v) is 5.47. The van der Waals surface area contributed by atoms with Crippen molar-refractivity contribution < 1.29 is 5.11 Å². The quantitative estimate of drug-likeness (QED) is 0.579. The zero-order valence-corrected chi connectivity index (χ0v) is 14.1. The van der Waals surface area contributed by atoms with E-state index in [9.17, 15) is 0 Å². The number of rotatable bonds is 7. The van der Waals surface area contributed by atoms with Crippen LogP contribution in [0.15, 0.2) is 30.3 Å². The zero-order chi connectivity index (χ0) is 12.8. The van der Waals surface area contributed by atoms with Crippen LogP contribution in [0.3, 0.4) is 0 Å². The monoisotopic (exact) mass is 342 g/mol. The van der Waals surface area contributed by atoms with Gasteiger partial charge in [0, 0.05) is 0 Å². The maximum Gasteiger partial charge on any atom is 0.0681 e. The van der Waals surface area contributed by atoms with Crippen LogP contribution in [-0.2, 0) is 6.61 Å². The van der Waals surface area contributed by atoms with Crippen LogP contribution in [0.2, 0.25) is 8.87 Å². The topological polar surface area (TPSA) is 20.2 Å². The summed E-state index contributed by atoms with van der Waals surface area (Å²) in [6.45, 7) is 4.72. The summed E-state index contributed by atoms with van der Waals surface area (Å²) in [6, 6.07) is 9.52. The Hall–Kier alpha value is -0.0213. The summed E-state index contributed by atoms with van der Waals surface area (Å²) < 4.78 is 3.25. The molecule has 1 aromatic carbocycles. The fourth-order valence-electron chi connectivity index (χ4n) is 1.31. The second kappa shape index (κ2) is 14.0. The first-order chi connectivity index (χ1) is 8.35. The summed E-state index contributed by atoms with van der Waals surface area (Å²) in [5, 5.41) is 8.54. The number of aliphatic hydroxyl groups excluding tert-OH is 1. The molecule has 0 atom stereocenters. The van der Waals surface area contributed by atoms with Gasteiger partial charge in [0.05, 0.1) is 6.61 Å². The Kier molecular flexibility index (Phi) is 14.0. The van der Waals surface area contributed by atoms with Crippen molar-refractivity contribution in [1.82, 2.24) is 0 Å². The van der Waals surface area contributed by atoms with Crippen molar-refractivity contribution in [3.05, 3.63) is 35.9 Å². The minimum atomic E-state index is 0.140. The van der Waals surface area contributed by atoms with Crippen LogP contribution in [0.25, 0.3) is 0 Å². The third kappa shape index (κ3) is 12.2. The van der Waals surface area contributed by atoms with E-state index >= 15 is 0 Å². The minimum absolute atomic E-state index is 0.140. The van der Waals surface area contributed by atoms with Gasteiger partial charge in [0.2, 0.25) is 0 Å². The van der Waals surface area contributed by atoms with Crippen LogP contribution in [0.5, 0.6) is 0 Å². The van der Waals surface area contributed by atoms with E-state index in [-0.39, 0.29) is 27.7 Å². The first-order valence-corrected chi connectivity index (χ1v) is 10.7. The summed E-state index contributed by atoms with van der Waals surface area (Å²) in [7, 11) is 0. The van der Waals surface area contributed by atoms with E-state index in [1.807, 2.05) is 30.3 Å². The minimum Gasteiger partial charge on any atom is -0.392 e. The summed E-state index contributed by atoms with van der Waals surface area (Å²) in [5.74, 6) is 0. The van der Waals surface area contributed by atoms with E-state index < -0.39 is 0 Å². The van der Waals surface area contributed by atoms with Crippen LogP contribution < -0.4 is 0 Å². The first-order valence-electron chi connectivity index (χ1n) is 6.70. The normalized spacial score (nSPS) is 9.59.